The highest BCUT2D eigenvalue weighted by Gasteiger charge is 2.39. The number of morpholine rings is 1. The van der Waals surface area contributed by atoms with Crippen LogP contribution < -0.4 is 20.3 Å². The van der Waals surface area contributed by atoms with Crippen LogP contribution >= 0.6 is 0 Å². The first kappa shape index (κ1) is 17.6. The Hall–Kier alpha value is -2.51. The highest BCUT2D eigenvalue weighted by Crippen LogP contribution is 2.30. The van der Waals surface area contributed by atoms with Crippen LogP contribution in [0.25, 0.3) is 0 Å². The van der Waals surface area contributed by atoms with E-state index >= 15 is 0 Å². The maximum Gasteiger partial charge on any atom is 0.291 e. The van der Waals surface area contributed by atoms with E-state index in [1.165, 1.54) is 6.42 Å². The van der Waals surface area contributed by atoms with Gasteiger partial charge >= 0.3 is 0 Å². The molecule has 0 aliphatic carbocycles. The summed E-state index contributed by atoms with van der Waals surface area (Å²) in [7, 11) is 0. The van der Waals surface area contributed by atoms with Crippen molar-refractivity contribution in [2.75, 3.05) is 31.2 Å². The lowest BCUT2D eigenvalue weighted by Crippen LogP contribution is -2.42. The summed E-state index contributed by atoms with van der Waals surface area (Å²) < 4.78 is 16.7. The Labute approximate surface area is 164 Å². The standard InChI is InChI=1S/C21H25N3O4/c25-21(23-19-11-15-3-6-18(19)22-15)14-1-4-17(5-2-14)28-20-12-16(13-27-20)24-7-9-26-10-8-24/h1-2,4-5,12-13,15,18-19,22H,3,6-11H2,(H,23,25). The van der Waals surface area contributed by atoms with Crippen LogP contribution in [0.2, 0.25) is 0 Å². The van der Waals surface area contributed by atoms with Gasteiger partial charge in [-0.25, -0.2) is 0 Å². The Morgan fingerprint density at radius 1 is 1.18 bits per heavy atom. The van der Waals surface area contributed by atoms with E-state index in [1.807, 2.05) is 6.07 Å². The average molecular weight is 383 g/mol. The van der Waals surface area contributed by atoms with E-state index in [4.69, 9.17) is 13.9 Å². The lowest BCUT2D eigenvalue weighted by molar-refractivity contribution is 0.0931. The minimum atomic E-state index is -0.0292. The molecule has 2 bridgehead atoms. The largest absolute Gasteiger partial charge is 0.432 e. The molecule has 2 aromatic rings. The molecular formula is C21H25N3O4. The van der Waals surface area contributed by atoms with Gasteiger partial charge in [0.25, 0.3) is 11.9 Å². The third kappa shape index (κ3) is 3.59. The first-order valence-electron chi connectivity index (χ1n) is 10.0. The van der Waals surface area contributed by atoms with E-state index in [0.29, 0.717) is 29.3 Å². The van der Waals surface area contributed by atoms with E-state index in [9.17, 15) is 4.79 Å². The van der Waals surface area contributed by atoms with Crippen molar-refractivity contribution in [1.82, 2.24) is 10.6 Å². The molecule has 7 heteroatoms. The smallest absolute Gasteiger partial charge is 0.291 e. The number of amides is 1. The molecule has 28 heavy (non-hydrogen) atoms. The fraction of sp³-hybridized carbons (Fsp3) is 0.476. The molecule has 1 aromatic heterocycles. The highest BCUT2D eigenvalue weighted by molar-refractivity contribution is 5.94. The van der Waals surface area contributed by atoms with E-state index in [1.54, 1.807) is 30.5 Å². The number of carbonyl (C=O) groups excluding carboxylic acids is 1. The van der Waals surface area contributed by atoms with Gasteiger partial charge in [0.1, 0.15) is 12.0 Å². The normalized spacial score (nSPS) is 26.4. The molecule has 2 N–H and O–H groups in total. The van der Waals surface area contributed by atoms with Crippen LogP contribution in [0.5, 0.6) is 11.7 Å². The predicted molar refractivity (Wildman–Crippen MR) is 104 cm³/mol. The van der Waals surface area contributed by atoms with Gasteiger partial charge in [-0.3, -0.25) is 4.79 Å². The number of nitrogens with one attached hydrogen (secondary N) is 2. The molecular weight excluding hydrogens is 358 g/mol. The van der Waals surface area contributed by atoms with Gasteiger partial charge in [-0.2, -0.15) is 0 Å². The second-order valence-corrected chi connectivity index (χ2v) is 7.71. The van der Waals surface area contributed by atoms with Crippen LogP contribution in [0.15, 0.2) is 41.0 Å². The zero-order valence-electron chi connectivity index (χ0n) is 15.7. The van der Waals surface area contributed by atoms with Gasteiger partial charge < -0.3 is 29.4 Å². The Bertz CT molecular complexity index is 828. The van der Waals surface area contributed by atoms with Gasteiger partial charge in [0, 0.05) is 42.8 Å². The highest BCUT2D eigenvalue weighted by atomic mass is 16.6. The number of hydrogen-bond acceptors (Lipinski definition) is 6. The van der Waals surface area contributed by atoms with Crippen molar-refractivity contribution in [1.29, 1.82) is 0 Å². The zero-order chi connectivity index (χ0) is 18.9. The molecule has 3 aliphatic rings. The number of ether oxygens (including phenoxy) is 2. The molecule has 3 aliphatic heterocycles. The molecule has 3 fully saturated rings. The molecule has 3 saturated heterocycles. The summed E-state index contributed by atoms with van der Waals surface area (Å²) >= 11 is 0. The Balaban J connectivity index is 1.18. The minimum absolute atomic E-state index is 0.0292. The summed E-state index contributed by atoms with van der Waals surface area (Å²) in [6.07, 6.45) is 5.11. The molecule has 3 atom stereocenters. The topological polar surface area (TPSA) is 76.0 Å². The third-order valence-corrected chi connectivity index (χ3v) is 5.89. The number of rotatable bonds is 5. The second-order valence-electron chi connectivity index (χ2n) is 7.71. The molecule has 148 valence electrons. The average Bonchev–Trinajstić information content (AvgIpc) is 3.46. The number of anilines is 1. The van der Waals surface area contributed by atoms with Crippen LogP contribution in [-0.2, 0) is 4.74 Å². The lowest BCUT2D eigenvalue weighted by Gasteiger charge is -2.26. The lowest BCUT2D eigenvalue weighted by atomic mass is 9.95. The number of carbonyl (C=O) groups is 1. The number of hydrogen-bond donors (Lipinski definition) is 2. The van der Waals surface area contributed by atoms with Crippen molar-refractivity contribution in [2.45, 2.75) is 37.4 Å². The van der Waals surface area contributed by atoms with Gasteiger partial charge in [-0.1, -0.05) is 0 Å². The van der Waals surface area contributed by atoms with Crippen LogP contribution in [-0.4, -0.2) is 50.3 Å². The van der Waals surface area contributed by atoms with Crippen LogP contribution in [0.3, 0.4) is 0 Å². The molecule has 7 nitrogen and oxygen atoms in total. The van der Waals surface area contributed by atoms with Crippen molar-refractivity contribution < 1.29 is 18.7 Å². The maximum absolute atomic E-state index is 12.5. The van der Waals surface area contributed by atoms with E-state index in [-0.39, 0.29) is 11.9 Å². The van der Waals surface area contributed by atoms with Crippen molar-refractivity contribution >= 4 is 11.6 Å². The van der Waals surface area contributed by atoms with Gasteiger partial charge in [-0.05, 0) is 43.5 Å². The van der Waals surface area contributed by atoms with Crippen molar-refractivity contribution in [3.63, 3.8) is 0 Å². The number of benzene rings is 1. The fourth-order valence-electron chi connectivity index (χ4n) is 4.37. The molecule has 1 amide bonds. The number of furan rings is 1. The van der Waals surface area contributed by atoms with Crippen molar-refractivity contribution in [3.8, 4) is 11.7 Å². The summed E-state index contributed by atoms with van der Waals surface area (Å²) in [5.74, 6) is 1.05. The van der Waals surface area contributed by atoms with Gasteiger partial charge in [0.15, 0.2) is 0 Å². The molecule has 5 rings (SSSR count). The Kier molecular flexibility index (Phi) is 4.70. The van der Waals surface area contributed by atoms with Gasteiger partial charge in [-0.15, -0.1) is 0 Å². The SMILES string of the molecule is O=C(NC1CC2CCC1N2)c1ccc(Oc2cc(N3CCOCC3)co2)cc1. The number of fused-ring (bicyclic) bond motifs is 2. The quantitative estimate of drug-likeness (QED) is 0.826. The predicted octanol–water partition coefficient (Wildman–Crippen LogP) is 2.53. The summed E-state index contributed by atoms with van der Waals surface area (Å²) in [4.78, 5) is 14.7. The molecule has 0 radical (unpaired) electrons. The van der Waals surface area contributed by atoms with E-state index < -0.39 is 0 Å². The monoisotopic (exact) mass is 383 g/mol. The van der Waals surface area contributed by atoms with Crippen LogP contribution in [0, 0.1) is 0 Å². The zero-order valence-corrected chi connectivity index (χ0v) is 15.7. The molecule has 0 saturated carbocycles. The first-order valence-corrected chi connectivity index (χ1v) is 10.0. The molecule has 0 spiro atoms. The summed E-state index contributed by atoms with van der Waals surface area (Å²) in [6.45, 7) is 3.15. The first-order chi connectivity index (χ1) is 13.7. The molecule has 3 unspecified atom stereocenters. The minimum Gasteiger partial charge on any atom is -0.432 e. The van der Waals surface area contributed by atoms with E-state index in [2.05, 4.69) is 15.5 Å². The maximum atomic E-state index is 12.5. The van der Waals surface area contributed by atoms with Crippen molar-refractivity contribution in [3.05, 3.63) is 42.2 Å². The van der Waals surface area contributed by atoms with E-state index in [0.717, 1.165) is 44.8 Å². The van der Waals surface area contributed by atoms with Gasteiger partial charge in [0.05, 0.1) is 18.9 Å². The van der Waals surface area contributed by atoms with Gasteiger partial charge in [0.2, 0.25) is 0 Å². The molecule has 1 aromatic carbocycles. The van der Waals surface area contributed by atoms with Crippen molar-refractivity contribution in [2.24, 2.45) is 0 Å². The number of nitrogens with zero attached hydrogens (tertiary/aromatic N) is 1. The summed E-state index contributed by atoms with van der Waals surface area (Å²) in [5, 5.41) is 6.70. The van der Waals surface area contributed by atoms with Crippen LogP contribution in [0.1, 0.15) is 29.6 Å². The Morgan fingerprint density at radius 2 is 2.00 bits per heavy atom. The molecule has 4 heterocycles. The van der Waals surface area contributed by atoms with Crippen LogP contribution in [0.4, 0.5) is 5.69 Å². The summed E-state index contributed by atoms with van der Waals surface area (Å²) in [6, 6.07) is 10.3. The fourth-order valence-corrected chi connectivity index (χ4v) is 4.37. The Morgan fingerprint density at radius 3 is 2.71 bits per heavy atom. The third-order valence-electron chi connectivity index (χ3n) is 5.89. The second kappa shape index (κ2) is 7.48. The summed E-state index contributed by atoms with van der Waals surface area (Å²) in [5.41, 5.74) is 1.64.